The van der Waals surface area contributed by atoms with Crippen molar-refractivity contribution in [1.82, 2.24) is 9.97 Å². The Bertz CT molecular complexity index is 575. The van der Waals surface area contributed by atoms with E-state index in [-0.39, 0.29) is 0 Å². The molecule has 90 valence electrons. The lowest BCUT2D eigenvalue weighted by molar-refractivity contribution is 0.141. The maximum atomic E-state index is 12.6. The summed E-state index contributed by atoms with van der Waals surface area (Å²) in [6.07, 6.45) is -2.69. The third kappa shape index (κ3) is 2.40. The van der Waals surface area contributed by atoms with Crippen molar-refractivity contribution < 1.29 is 8.78 Å². The number of nitrogens with zero attached hydrogens (tertiary/aromatic N) is 2. The van der Waals surface area contributed by atoms with Crippen molar-refractivity contribution in [3.05, 3.63) is 26.9 Å². The van der Waals surface area contributed by atoms with Gasteiger partial charge in [0.2, 0.25) is 0 Å². The minimum absolute atomic E-state index is 0.382. The van der Waals surface area contributed by atoms with E-state index in [1.54, 1.807) is 19.2 Å². The summed E-state index contributed by atoms with van der Waals surface area (Å²) in [5.74, 6) is -0.0998. The summed E-state index contributed by atoms with van der Waals surface area (Å²) in [6.45, 7) is 0. The molecule has 17 heavy (non-hydrogen) atoms. The Labute approximate surface area is 113 Å². The number of fused-ring (bicyclic) bond motifs is 1. The minimum Gasteiger partial charge on any atom is -0.373 e. The van der Waals surface area contributed by atoms with Crippen molar-refractivity contribution in [3.63, 3.8) is 0 Å². The molecule has 3 nitrogen and oxygen atoms in total. The standard InChI is InChI=1S/C10H7Br2F2N3/c1-15-9-5-2-4(11)3-6(12)7(5)16-10(17-9)8(13)14/h2-3,8H,1H3,(H,15,16,17). The second-order valence-corrected chi connectivity index (χ2v) is 5.03. The highest BCUT2D eigenvalue weighted by Crippen LogP contribution is 2.32. The highest BCUT2D eigenvalue weighted by Gasteiger charge is 2.16. The summed E-state index contributed by atoms with van der Waals surface area (Å²) < 4.78 is 26.8. The molecule has 0 saturated heterocycles. The molecule has 1 heterocycles. The number of rotatable bonds is 2. The number of halogens is 4. The Morgan fingerprint density at radius 1 is 1.24 bits per heavy atom. The van der Waals surface area contributed by atoms with Crippen molar-refractivity contribution in [2.75, 3.05) is 12.4 Å². The smallest absolute Gasteiger partial charge is 0.297 e. The van der Waals surface area contributed by atoms with E-state index in [1.807, 2.05) is 0 Å². The zero-order valence-corrected chi connectivity index (χ0v) is 11.8. The monoisotopic (exact) mass is 365 g/mol. The van der Waals surface area contributed by atoms with E-state index in [2.05, 4.69) is 47.1 Å². The Hall–Kier alpha value is -0.820. The van der Waals surface area contributed by atoms with E-state index >= 15 is 0 Å². The maximum Gasteiger partial charge on any atom is 0.297 e. The van der Waals surface area contributed by atoms with Crippen LogP contribution in [0.1, 0.15) is 12.2 Å². The van der Waals surface area contributed by atoms with Crippen LogP contribution in [0.25, 0.3) is 10.9 Å². The van der Waals surface area contributed by atoms with E-state index in [1.165, 1.54) is 0 Å². The van der Waals surface area contributed by atoms with E-state index in [9.17, 15) is 8.78 Å². The lowest BCUT2D eigenvalue weighted by Crippen LogP contribution is -2.02. The molecular weight excluding hydrogens is 360 g/mol. The summed E-state index contributed by atoms with van der Waals surface area (Å²) in [4.78, 5) is 7.64. The van der Waals surface area contributed by atoms with Crippen molar-refractivity contribution in [2.24, 2.45) is 0 Å². The van der Waals surface area contributed by atoms with E-state index in [0.29, 0.717) is 21.2 Å². The Kier molecular flexibility index (Phi) is 3.58. The Morgan fingerprint density at radius 3 is 2.53 bits per heavy atom. The number of hydrogen-bond acceptors (Lipinski definition) is 3. The lowest BCUT2D eigenvalue weighted by atomic mass is 10.2. The molecule has 0 bridgehead atoms. The van der Waals surface area contributed by atoms with Gasteiger partial charge in [-0.15, -0.1) is 0 Å². The predicted molar refractivity (Wildman–Crippen MR) is 69.4 cm³/mol. The van der Waals surface area contributed by atoms with Crippen molar-refractivity contribution >= 4 is 48.6 Å². The topological polar surface area (TPSA) is 37.8 Å². The van der Waals surface area contributed by atoms with Crippen LogP contribution in [0, 0.1) is 0 Å². The van der Waals surface area contributed by atoms with Crippen LogP contribution in [0.2, 0.25) is 0 Å². The van der Waals surface area contributed by atoms with Crippen molar-refractivity contribution in [2.45, 2.75) is 6.43 Å². The molecule has 0 radical (unpaired) electrons. The third-order valence-corrected chi connectivity index (χ3v) is 3.23. The van der Waals surface area contributed by atoms with E-state index < -0.39 is 12.2 Å². The van der Waals surface area contributed by atoms with Crippen LogP contribution >= 0.6 is 31.9 Å². The molecule has 1 aromatic carbocycles. The molecule has 2 aromatic rings. The molecule has 0 aliphatic heterocycles. The molecule has 0 fully saturated rings. The Morgan fingerprint density at radius 2 is 1.94 bits per heavy atom. The van der Waals surface area contributed by atoms with Crippen molar-refractivity contribution in [3.8, 4) is 0 Å². The molecule has 0 saturated carbocycles. The summed E-state index contributed by atoms with van der Waals surface area (Å²) in [6, 6.07) is 3.53. The van der Waals surface area contributed by atoms with Gasteiger partial charge in [-0.25, -0.2) is 18.7 Å². The number of aromatic nitrogens is 2. The van der Waals surface area contributed by atoms with Crippen LogP contribution in [0.5, 0.6) is 0 Å². The molecule has 0 aliphatic carbocycles. The van der Waals surface area contributed by atoms with Gasteiger partial charge in [-0.05, 0) is 28.1 Å². The molecule has 0 atom stereocenters. The zero-order valence-electron chi connectivity index (χ0n) is 8.64. The maximum absolute atomic E-state index is 12.6. The highest BCUT2D eigenvalue weighted by molar-refractivity contribution is 9.11. The average Bonchev–Trinajstić information content (AvgIpc) is 2.27. The van der Waals surface area contributed by atoms with Gasteiger partial charge in [-0.3, -0.25) is 0 Å². The van der Waals surface area contributed by atoms with Crippen LogP contribution < -0.4 is 5.32 Å². The van der Waals surface area contributed by atoms with Gasteiger partial charge >= 0.3 is 0 Å². The first-order chi connectivity index (χ1) is 8.02. The fourth-order valence-corrected chi connectivity index (χ4v) is 2.78. The molecular formula is C10H7Br2F2N3. The third-order valence-electron chi connectivity index (χ3n) is 2.17. The summed E-state index contributed by atoms with van der Waals surface area (Å²) >= 11 is 6.63. The number of alkyl halides is 2. The van der Waals surface area contributed by atoms with Crippen LogP contribution in [-0.4, -0.2) is 17.0 Å². The Balaban J connectivity index is 2.82. The first-order valence-corrected chi connectivity index (χ1v) is 6.24. The summed E-state index contributed by atoms with van der Waals surface area (Å²) in [5, 5.41) is 3.47. The molecule has 0 unspecified atom stereocenters. The van der Waals surface area contributed by atoms with E-state index in [4.69, 9.17) is 0 Å². The molecule has 2 rings (SSSR count). The molecule has 0 spiro atoms. The predicted octanol–water partition coefficient (Wildman–Crippen LogP) is 4.13. The van der Waals surface area contributed by atoms with Gasteiger partial charge < -0.3 is 5.32 Å². The number of anilines is 1. The molecule has 1 aromatic heterocycles. The van der Waals surface area contributed by atoms with Gasteiger partial charge in [0.25, 0.3) is 6.43 Å². The second kappa shape index (κ2) is 4.81. The van der Waals surface area contributed by atoms with Crippen LogP contribution in [0.4, 0.5) is 14.6 Å². The van der Waals surface area contributed by atoms with Crippen molar-refractivity contribution in [1.29, 1.82) is 0 Å². The average molecular weight is 367 g/mol. The normalized spacial score (nSPS) is 11.2. The molecule has 1 N–H and O–H groups in total. The van der Waals surface area contributed by atoms with Gasteiger partial charge in [-0.1, -0.05) is 15.9 Å². The van der Waals surface area contributed by atoms with Gasteiger partial charge in [-0.2, -0.15) is 0 Å². The molecule has 7 heteroatoms. The number of nitrogens with one attached hydrogen (secondary N) is 1. The van der Waals surface area contributed by atoms with Gasteiger partial charge in [0.05, 0.1) is 5.52 Å². The largest absolute Gasteiger partial charge is 0.373 e. The van der Waals surface area contributed by atoms with Crippen LogP contribution in [-0.2, 0) is 0 Å². The van der Waals surface area contributed by atoms with Crippen LogP contribution in [0.15, 0.2) is 21.1 Å². The first-order valence-electron chi connectivity index (χ1n) is 4.65. The fourth-order valence-electron chi connectivity index (χ4n) is 1.46. The van der Waals surface area contributed by atoms with Crippen LogP contribution in [0.3, 0.4) is 0 Å². The fraction of sp³-hybridized carbons (Fsp3) is 0.200. The highest BCUT2D eigenvalue weighted by atomic mass is 79.9. The first kappa shape index (κ1) is 12.6. The lowest BCUT2D eigenvalue weighted by Gasteiger charge is -2.09. The second-order valence-electron chi connectivity index (χ2n) is 3.26. The SMILES string of the molecule is CNc1nc(C(F)F)nc2c(Br)cc(Br)cc12. The van der Waals surface area contributed by atoms with E-state index in [0.717, 1.165) is 4.47 Å². The summed E-state index contributed by atoms with van der Waals surface area (Å²) in [5.41, 5.74) is 0.461. The molecule has 0 amide bonds. The molecule has 0 aliphatic rings. The van der Waals surface area contributed by atoms with Gasteiger partial charge in [0.1, 0.15) is 5.82 Å². The minimum atomic E-state index is -2.69. The van der Waals surface area contributed by atoms with Gasteiger partial charge in [0, 0.05) is 21.4 Å². The zero-order chi connectivity index (χ0) is 12.6. The summed E-state index contributed by atoms with van der Waals surface area (Å²) in [7, 11) is 1.63. The quantitative estimate of drug-likeness (QED) is 0.868. The van der Waals surface area contributed by atoms with Gasteiger partial charge in [0.15, 0.2) is 5.82 Å². The number of hydrogen-bond donors (Lipinski definition) is 1. The number of benzene rings is 1.